The van der Waals surface area contributed by atoms with E-state index in [1.54, 1.807) is 39.0 Å². The van der Waals surface area contributed by atoms with Crippen molar-refractivity contribution in [3.8, 4) is 11.8 Å². The molecule has 1 aliphatic rings. The highest BCUT2D eigenvalue weighted by Gasteiger charge is 2.31. The van der Waals surface area contributed by atoms with Crippen molar-refractivity contribution in [1.29, 1.82) is 0 Å². The van der Waals surface area contributed by atoms with Crippen molar-refractivity contribution in [2.75, 3.05) is 65.0 Å². The Labute approximate surface area is 245 Å². The molecule has 2 atom stereocenters. The Morgan fingerprint density at radius 1 is 1.14 bits per heavy atom. The van der Waals surface area contributed by atoms with Crippen molar-refractivity contribution in [2.45, 2.75) is 58.0 Å². The molecule has 12 heteroatoms. The van der Waals surface area contributed by atoms with E-state index in [1.165, 1.54) is 4.57 Å². The first-order chi connectivity index (χ1) is 19.9. The van der Waals surface area contributed by atoms with Crippen molar-refractivity contribution >= 4 is 22.7 Å². The molecule has 0 saturated carbocycles. The molecule has 1 fully saturated rings. The lowest BCUT2D eigenvalue weighted by Gasteiger charge is -2.38. The number of piperidine rings is 1. The molecule has 0 radical (unpaired) electrons. The Balaban J connectivity index is 1.77. The number of anilines is 1. The van der Waals surface area contributed by atoms with Gasteiger partial charge in [-0.25, -0.2) is 4.79 Å². The number of amides is 1. The molecule has 234 valence electrons. The third-order valence-corrected chi connectivity index (χ3v) is 6.74. The lowest BCUT2D eigenvalue weighted by molar-refractivity contribution is -0.140. The zero-order valence-electron chi connectivity index (χ0n) is 24.9. The maximum atomic E-state index is 13.6. The number of benzene rings is 1. The molecule has 1 aromatic carbocycles. The van der Waals surface area contributed by atoms with Gasteiger partial charge in [0, 0.05) is 30.3 Å². The van der Waals surface area contributed by atoms with Crippen LogP contribution >= 0.6 is 0 Å². The van der Waals surface area contributed by atoms with Crippen molar-refractivity contribution < 1.29 is 37.3 Å². The highest BCUT2D eigenvalue weighted by Crippen LogP contribution is 2.32. The van der Waals surface area contributed by atoms with Crippen LogP contribution in [0, 0.1) is 17.8 Å². The summed E-state index contributed by atoms with van der Waals surface area (Å²) in [5.74, 6) is 5.83. The maximum Gasteiger partial charge on any atom is 0.408 e. The van der Waals surface area contributed by atoms with Crippen LogP contribution in [0.2, 0.25) is 0 Å². The number of halogens is 3. The topological polar surface area (TPSA) is 97.2 Å². The fourth-order valence-corrected chi connectivity index (χ4v) is 4.95. The molecule has 1 aliphatic heterocycles. The molecule has 0 spiro atoms. The number of ether oxygens (including phenoxy) is 3. The van der Waals surface area contributed by atoms with Crippen LogP contribution in [0.5, 0.6) is 0 Å². The van der Waals surface area contributed by atoms with Gasteiger partial charge in [0.15, 0.2) is 0 Å². The van der Waals surface area contributed by atoms with E-state index < -0.39 is 24.4 Å². The zero-order valence-corrected chi connectivity index (χ0v) is 24.9. The van der Waals surface area contributed by atoms with Gasteiger partial charge in [-0.05, 0) is 77.2 Å². The Kier molecular flexibility index (Phi) is 12.4. The summed E-state index contributed by atoms with van der Waals surface area (Å²) in [6, 6.07) is 7.07. The monoisotopic (exact) mass is 596 g/mol. The number of hydrogen-bond donors (Lipinski definition) is 3. The SMILES string of the molecule is CN1CC[C@H](Nc2cccc3c2cc(C#CCNC(=O)OC(C)(C)C)n3CC(F)(F)F)[C@H](CCOCCOCCO)C1. The number of likely N-dealkylation sites (tertiary alicyclic amines) is 1. The van der Waals surface area contributed by atoms with Crippen LogP contribution in [0.4, 0.5) is 23.7 Å². The van der Waals surface area contributed by atoms with E-state index in [0.717, 1.165) is 31.6 Å². The number of aromatic nitrogens is 1. The lowest BCUT2D eigenvalue weighted by atomic mass is 9.89. The standard InChI is InChI=1S/C30H43F3N4O5/c1-29(2,3)42-28(39)34-12-6-7-23-19-24-26(8-5-9-27(24)37(23)21-30(31,32)33)35-25-10-13-36(4)20-22(25)11-15-40-17-18-41-16-14-38/h5,8-9,19,22,25,35,38H,10-18,20-21H2,1-4H3,(H,34,39)/t22-,25+/m1/s1. The second-order valence-corrected chi connectivity index (χ2v) is 11.4. The first-order valence-corrected chi connectivity index (χ1v) is 14.2. The van der Waals surface area contributed by atoms with Gasteiger partial charge < -0.3 is 39.4 Å². The van der Waals surface area contributed by atoms with Gasteiger partial charge in [-0.15, -0.1) is 0 Å². The number of alkyl carbamates (subject to hydrolysis) is 1. The van der Waals surface area contributed by atoms with E-state index in [0.29, 0.717) is 30.7 Å². The quantitative estimate of drug-likeness (QED) is 0.249. The molecular weight excluding hydrogens is 553 g/mol. The summed E-state index contributed by atoms with van der Waals surface area (Å²) in [5.41, 5.74) is 0.716. The van der Waals surface area contributed by atoms with E-state index in [4.69, 9.17) is 19.3 Å². The number of aliphatic hydroxyl groups is 1. The molecule has 42 heavy (non-hydrogen) atoms. The van der Waals surface area contributed by atoms with E-state index in [1.807, 2.05) is 6.07 Å². The lowest BCUT2D eigenvalue weighted by Crippen LogP contribution is -2.45. The third kappa shape index (κ3) is 11.0. The number of nitrogens with zero attached hydrogens (tertiary/aromatic N) is 2. The van der Waals surface area contributed by atoms with Gasteiger partial charge >= 0.3 is 12.3 Å². The smallest absolute Gasteiger partial charge is 0.408 e. The molecule has 3 N–H and O–H groups in total. The van der Waals surface area contributed by atoms with Crippen molar-refractivity contribution in [2.24, 2.45) is 5.92 Å². The fourth-order valence-electron chi connectivity index (χ4n) is 4.95. The number of rotatable bonds is 12. The molecule has 0 unspecified atom stereocenters. The molecule has 0 bridgehead atoms. The van der Waals surface area contributed by atoms with Crippen molar-refractivity contribution in [3.63, 3.8) is 0 Å². The molecule has 1 saturated heterocycles. The normalized spacial score (nSPS) is 18.0. The number of carbonyl (C=O) groups is 1. The Morgan fingerprint density at radius 3 is 2.57 bits per heavy atom. The van der Waals surface area contributed by atoms with Crippen LogP contribution in [0.1, 0.15) is 39.3 Å². The maximum absolute atomic E-state index is 13.6. The minimum atomic E-state index is -4.44. The molecular formula is C30H43F3N4O5. The van der Waals surface area contributed by atoms with Crippen LogP contribution in [0.15, 0.2) is 24.3 Å². The molecule has 2 aromatic rings. The van der Waals surface area contributed by atoms with Crippen LogP contribution in [-0.4, -0.2) is 98.2 Å². The minimum Gasteiger partial charge on any atom is -0.444 e. The van der Waals surface area contributed by atoms with Gasteiger partial charge in [0.05, 0.1) is 44.2 Å². The molecule has 2 heterocycles. The fraction of sp³-hybridized carbons (Fsp3) is 0.633. The number of fused-ring (bicyclic) bond motifs is 1. The van der Waals surface area contributed by atoms with E-state index >= 15 is 0 Å². The highest BCUT2D eigenvalue weighted by atomic mass is 19.4. The van der Waals surface area contributed by atoms with Crippen LogP contribution in [0.3, 0.4) is 0 Å². The molecule has 1 aromatic heterocycles. The van der Waals surface area contributed by atoms with E-state index in [2.05, 4.69) is 34.4 Å². The number of carbonyl (C=O) groups excluding carboxylic acids is 1. The number of aliphatic hydroxyl groups excluding tert-OH is 1. The van der Waals surface area contributed by atoms with Crippen molar-refractivity contribution in [3.05, 3.63) is 30.0 Å². The van der Waals surface area contributed by atoms with Crippen LogP contribution in [-0.2, 0) is 20.8 Å². The Hall–Kier alpha value is -2.98. The van der Waals surface area contributed by atoms with Gasteiger partial charge in [0.2, 0.25) is 0 Å². The van der Waals surface area contributed by atoms with Crippen LogP contribution in [0.25, 0.3) is 10.9 Å². The van der Waals surface area contributed by atoms with Gasteiger partial charge in [-0.1, -0.05) is 12.0 Å². The highest BCUT2D eigenvalue weighted by molar-refractivity contribution is 5.94. The summed E-state index contributed by atoms with van der Waals surface area (Å²) in [6.45, 7) is 7.42. The summed E-state index contributed by atoms with van der Waals surface area (Å²) in [6.07, 6.45) is -3.40. The van der Waals surface area contributed by atoms with E-state index in [9.17, 15) is 18.0 Å². The average molecular weight is 597 g/mol. The molecule has 3 rings (SSSR count). The average Bonchev–Trinajstić information content (AvgIpc) is 3.23. The number of alkyl halides is 3. The summed E-state index contributed by atoms with van der Waals surface area (Å²) in [4.78, 5) is 14.2. The Morgan fingerprint density at radius 2 is 1.88 bits per heavy atom. The molecule has 0 aliphatic carbocycles. The van der Waals surface area contributed by atoms with Gasteiger partial charge in [-0.2, -0.15) is 13.2 Å². The number of nitrogens with one attached hydrogen (secondary N) is 2. The van der Waals surface area contributed by atoms with Crippen LogP contribution < -0.4 is 10.6 Å². The predicted molar refractivity (Wildman–Crippen MR) is 155 cm³/mol. The van der Waals surface area contributed by atoms with E-state index in [-0.39, 0.29) is 37.4 Å². The first-order valence-electron chi connectivity index (χ1n) is 14.2. The zero-order chi connectivity index (χ0) is 30.8. The molecule has 9 nitrogen and oxygen atoms in total. The second kappa shape index (κ2) is 15.5. The summed E-state index contributed by atoms with van der Waals surface area (Å²) < 4.78 is 58.0. The summed E-state index contributed by atoms with van der Waals surface area (Å²) in [5, 5.41) is 15.6. The van der Waals surface area contributed by atoms with Crippen molar-refractivity contribution in [1.82, 2.24) is 14.8 Å². The number of hydrogen-bond acceptors (Lipinski definition) is 7. The third-order valence-electron chi connectivity index (χ3n) is 6.74. The summed E-state index contributed by atoms with van der Waals surface area (Å²) >= 11 is 0. The van der Waals surface area contributed by atoms with Gasteiger partial charge in [0.1, 0.15) is 12.1 Å². The molecule has 1 amide bonds. The van der Waals surface area contributed by atoms with Gasteiger partial charge in [0.25, 0.3) is 0 Å². The predicted octanol–water partition coefficient (Wildman–Crippen LogP) is 4.23. The van der Waals surface area contributed by atoms with Gasteiger partial charge in [-0.3, -0.25) is 0 Å². The minimum absolute atomic E-state index is 0.0204. The second-order valence-electron chi connectivity index (χ2n) is 11.4. The Bertz CT molecular complexity index is 1220. The largest absolute Gasteiger partial charge is 0.444 e. The summed E-state index contributed by atoms with van der Waals surface area (Å²) in [7, 11) is 2.08. The first kappa shape index (κ1) is 33.5.